The Balaban J connectivity index is 2.70. The van der Waals surface area contributed by atoms with Crippen molar-refractivity contribution in [3.8, 4) is 0 Å². The zero-order chi connectivity index (χ0) is 14.3. The highest BCUT2D eigenvalue weighted by Gasteiger charge is 2.22. The summed E-state index contributed by atoms with van der Waals surface area (Å²) in [5.41, 5.74) is 6.69. The standard InChI is InChI=1S/C14H21N3O2/c1-3-16-12(18)10-17(4-2)14(19)13(15)11-8-6-5-7-9-11/h5-9,13H,3-4,10,15H2,1-2H3,(H,16,18). The molecule has 0 spiro atoms. The summed E-state index contributed by atoms with van der Waals surface area (Å²) in [4.78, 5) is 25.2. The summed E-state index contributed by atoms with van der Waals surface area (Å²) in [5.74, 6) is -0.405. The van der Waals surface area contributed by atoms with Crippen molar-refractivity contribution in [2.75, 3.05) is 19.6 Å². The molecule has 0 saturated heterocycles. The third-order valence-electron chi connectivity index (χ3n) is 2.83. The Hall–Kier alpha value is -1.88. The van der Waals surface area contributed by atoms with Crippen molar-refractivity contribution >= 4 is 11.8 Å². The number of amides is 2. The summed E-state index contributed by atoms with van der Waals surface area (Å²) in [6.45, 7) is 4.72. The molecule has 0 fully saturated rings. The number of hydrogen-bond acceptors (Lipinski definition) is 3. The van der Waals surface area contributed by atoms with Gasteiger partial charge in [-0.1, -0.05) is 30.3 Å². The molecule has 5 nitrogen and oxygen atoms in total. The fourth-order valence-electron chi connectivity index (χ4n) is 1.77. The smallest absolute Gasteiger partial charge is 0.244 e. The minimum Gasteiger partial charge on any atom is -0.355 e. The second kappa shape index (κ2) is 7.53. The van der Waals surface area contributed by atoms with Crippen LogP contribution in [-0.2, 0) is 9.59 Å². The van der Waals surface area contributed by atoms with Crippen molar-refractivity contribution in [1.82, 2.24) is 10.2 Å². The van der Waals surface area contributed by atoms with Crippen LogP contribution in [-0.4, -0.2) is 36.3 Å². The van der Waals surface area contributed by atoms with Gasteiger partial charge in [0.15, 0.2) is 0 Å². The summed E-state index contributed by atoms with van der Waals surface area (Å²) in [5, 5.41) is 2.67. The maximum Gasteiger partial charge on any atom is 0.244 e. The first-order valence-corrected chi connectivity index (χ1v) is 6.46. The molecule has 0 aliphatic rings. The molecule has 0 aliphatic heterocycles. The molecule has 1 atom stereocenters. The van der Waals surface area contributed by atoms with Crippen molar-refractivity contribution in [1.29, 1.82) is 0 Å². The Bertz CT molecular complexity index is 420. The van der Waals surface area contributed by atoms with Crippen LogP contribution < -0.4 is 11.1 Å². The van der Waals surface area contributed by atoms with E-state index in [4.69, 9.17) is 5.73 Å². The summed E-state index contributed by atoms with van der Waals surface area (Å²) in [6.07, 6.45) is 0. The predicted octanol–water partition coefficient (Wildman–Crippen LogP) is 0.671. The number of likely N-dealkylation sites (N-methyl/N-ethyl adjacent to an activating group) is 2. The Morgan fingerprint density at radius 3 is 2.42 bits per heavy atom. The van der Waals surface area contributed by atoms with Gasteiger partial charge in [-0.15, -0.1) is 0 Å². The quantitative estimate of drug-likeness (QED) is 0.792. The minimum atomic E-state index is -0.726. The maximum absolute atomic E-state index is 12.2. The van der Waals surface area contributed by atoms with Gasteiger partial charge in [-0.2, -0.15) is 0 Å². The zero-order valence-electron chi connectivity index (χ0n) is 11.4. The van der Waals surface area contributed by atoms with Gasteiger partial charge in [0.25, 0.3) is 0 Å². The molecular formula is C14H21N3O2. The van der Waals surface area contributed by atoms with E-state index in [1.165, 1.54) is 4.90 Å². The molecule has 1 aromatic carbocycles. The van der Waals surface area contributed by atoms with E-state index in [-0.39, 0.29) is 18.4 Å². The molecule has 0 heterocycles. The average molecular weight is 263 g/mol. The highest BCUT2D eigenvalue weighted by molar-refractivity contribution is 5.88. The lowest BCUT2D eigenvalue weighted by Crippen LogP contribution is -2.44. The Labute approximate surface area is 113 Å². The van der Waals surface area contributed by atoms with Gasteiger partial charge in [-0.3, -0.25) is 9.59 Å². The van der Waals surface area contributed by atoms with Gasteiger partial charge in [-0.05, 0) is 19.4 Å². The molecule has 104 valence electrons. The van der Waals surface area contributed by atoms with Gasteiger partial charge >= 0.3 is 0 Å². The lowest BCUT2D eigenvalue weighted by atomic mass is 10.1. The lowest BCUT2D eigenvalue weighted by Gasteiger charge is -2.23. The van der Waals surface area contributed by atoms with E-state index in [1.54, 1.807) is 0 Å². The predicted molar refractivity (Wildman–Crippen MR) is 74.3 cm³/mol. The molecule has 0 aromatic heterocycles. The highest BCUT2D eigenvalue weighted by atomic mass is 16.2. The first-order valence-electron chi connectivity index (χ1n) is 6.46. The van der Waals surface area contributed by atoms with E-state index in [9.17, 15) is 9.59 Å². The van der Waals surface area contributed by atoms with Gasteiger partial charge in [0.2, 0.25) is 11.8 Å². The number of benzene rings is 1. The number of hydrogen-bond donors (Lipinski definition) is 2. The van der Waals surface area contributed by atoms with Crippen molar-refractivity contribution < 1.29 is 9.59 Å². The van der Waals surface area contributed by atoms with Gasteiger partial charge in [0, 0.05) is 13.1 Å². The molecule has 0 bridgehead atoms. The van der Waals surface area contributed by atoms with E-state index in [0.29, 0.717) is 13.1 Å². The van der Waals surface area contributed by atoms with Gasteiger partial charge < -0.3 is 16.0 Å². The summed E-state index contributed by atoms with van der Waals surface area (Å²) < 4.78 is 0. The first-order chi connectivity index (χ1) is 9.10. The van der Waals surface area contributed by atoms with Crippen LogP contribution in [0.25, 0.3) is 0 Å². The largest absolute Gasteiger partial charge is 0.355 e. The second-order valence-corrected chi connectivity index (χ2v) is 4.19. The Morgan fingerprint density at radius 2 is 1.89 bits per heavy atom. The van der Waals surface area contributed by atoms with E-state index in [2.05, 4.69) is 5.32 Å². The van der Waals surface area contributed by atoms with Crippen LogP contribution in [0.3, 0.4) is 0 Å². The summed E-state index contributed by atoms with van der Waals surface area (Å²) in [6, 6.07) is 8.43. The monoisotopic (exact) mass is 263 g/mol. The molecule has 2 amide bonds. The Morgan fingerprint density at radius 1 is 1.26 bits per heavy atom. The van der Waals surface area contributed by atoms with Crippen LogP contribution in [0, 0.1) is 0 Å². The summed E-state index contributed by atoms with van der Waals surface area (Å²) >= 11 is 0. The zero-order valence-corrected chi connectivity index (χ0v) is 11.4. The van der Waals surface area contributed by atoms with Crippen LogP contribution in [0.5, 0.6) is 0 Å². The molecule has 1 rings (SSSR count). The molecule has 0 aliphatic carbocycles. The fraction of sp³-hybridized carbons (Fsp3) is 0.429. The number of rotatable bonds is 6. The molecule has 5 heteroatoms. The number of carbonyl (C=O) groups excluding carboxylic acids is 2. The topological polar surface area (TPSA) is 75.4 Å². The molecule has 1 aromatic rings. The SMILES string of the molecule is CCNC(=O)CN(CC)C(=O)C(N)c1ccccc1. The fourth-order valence-corrected chi connectivity index (χ4v) is 1.77. The third kappa shape index (κ3) is 4.37. The maximum atomic E-state index is 12.2. The Kier molecular flexibility index (Phi) is 6.02. The van der Waals surface area contributed by atoms with Gasteiger partial charge in [0.1, 0.15) is 6.04 Å². The third-order valence-corrected chi connectivity index (χ3v) is 2.83. The van der Waals surface area contributed by atoms with Crippen LogP contribution in [0.15, 0.2) is 30.3 Å². The normalized spacial score (nSPS) is 11.7. The van der Waals surface area contributed by atoms with E-state index < -0.39 is 6.04 Å². The first kappa shape index (κ1) is 15.2. The minimum absolute atomic E-state index is 0.0453. The lowest BCUT2D eigenvalue weighted by molar-refractivity contribution is -0.137. The van der Waals surface area contributed by atoms with Crippen molar-refractivity contribution in [3.05, 3.63) is 35.9 Å². The van der Waals surface area contributed by atoms with Crippen LogP contribution >= 0.6 is 0 Å². The van der Waals surface area contributed by atoms with Gasteiger partial charge in [0.05, 0.1) is 6.54 Å². The molecule has 19 heavy (non-hydrogen) atoms. The van der Waals surface area contributed by atoms with E-state index >= 15 is 0 Å². The molecular weight excluding hydrogens is 242 g/mol. The molecule has 0 radical (unpaired) electrons. The highest BCUT2D eigenvalue weighted by Crippen LogP contribution is 2.12. The number of nitrogens with one attached hydrogen (secondary N) is 1. The number of carbonyl (C=O) groups is 2. The number of nitrogens with two attached hydrogens (primary N) is 1. The van der Waals surface area contributed by atoms with Crippen molar-refractivity contribution in [3.63, 3.8) is 0 Å². The van der Waals surface area contributed by atoms with Crippen LogP contribution in [0.1, 0.15) is 25.5 Å². The van der Waals surface area contributed by atoms with E-state index in [0.717, 1.165) is 5.56 Å². The molecule has 3 N–H and O–H groups in total. The van der Waals surface area contributed by atoms with Gasteiger partial charge in [-0.25, -0.2) is 0 Å². The van der Waals surface area contributed by atoms with Crippen LogP contribution in [0.2, 0.25) is 0 Å². The van der Waals surface area contributed by atoms with Crippen LogP contribution in [0.4, 0.5) is 0 Å². The van der Waals surface area contributed by atoms with Crippen molar-refractivity contribution in [2.45, 2.75) is 19.9 Å². The molecule has 1 unspecified atom stereocenters. The van der Waals surface area contributed by atoms with Crippen molar-refractivity contribution in [2.24, 2.45) is 5.73 Å². The summed E-state index contributed by atoms with van der Waals surface area (Å²) in [7, 11) is 0. The second-order valence-electron chi connectivity index (χ2n) is 4.19. The number of nitrogens with zero attached hydrogens (tertiary/aromatic N) is 1. The van der Waals surface area contributed by atoms with E-state index in [1.807, 2.05) is 44.2 Å². The molecule has 0 saturated carbocycles. The average Bonchev–Trinajstić information content (AvgIpc) is 2.44.